The van der Waals surface area contributed by atoms with Gasteiger partial charge in [-0.2, -0.15) is 4.98 Å². The van der Waals surface area contributed by atoms with Crippen molar-refractivity contribution >= 4 is 29.1 Å². The molecule has 3 aromatic rings. The van der Waals surface area contributed by atoms with Gasteiger partial charge in [-0.1, -0.05) is 16.8 Å². The van der Waals surface area contributed by atoms with Gasteiger partial charge < -0.3 is 19.5 Å². The molecule has 2 amide bonds. The highest BCUT2D eigenvalue weighted by atomic mass is 35.5. The number of halogens is 1. The Kier molecular flexibility index (Phi) is 7.25. The first-order valence-corrected chi connectivity index (χ1v) is 10.1. The Labute approximate surface area is 185 Å². The van der Waals surface area contributed by atoms with Gasteiger partial charge in [0.05, 0.1) is 17.3 Å². The Morgan fingerprint density at radius 3 is 2.58 bits per heavy atom. The van der Waals surface area contributed by atoms with Gasteiger partial charge in [0.2, 0.25) is 17.6 Å². The minimum Gasteiger partial charge on any atom is -0.494 e. The highest BCUT2D eigenvalue weighted by molar-refractivity contribution is 6.33. The third-order valence-corrected chi connectivity index (χ3v) is 4.68. The van der Waals surface area contributed by atoms with Crippen LogP contribution in [-0.4, -0.2) is 47.6 Å². The van der Waals surface area contributed by atoms with Crippen molar-refractivity contribution < 1.29 is 18.8 Å². The summed E-state index contributed by atoms with van der Waals surface area (Å²) < 4.78 is 10.7. The van der Waals surface area contributed by atoms with Crippen LogP contribution in [0.5, 0.6) is 5.75 Å². The smallest absolute Gasteiger partial charge is 0.253 e. The summed E-state index contributed by atoms with van der Waals surface area (Å²) in [5, 5.41) is 7.04. The minimum absolute atomic E-state index is 0.118. The van der Waals surface area contributed by atoms with Crippen molar-refractivity contribution in [2.75, 3.05) is 26.0 Å². The molecule has 1 heterocycles. The van der Waals surface area contributed by atoms with Gasteiger partial charge in [-0.3, -0.25) is 9.59 Å². The number of benzene rings is 2. The average molecular weight is 443 g/mol. The molecule has 9 heteroatoms. The predicted molar refractivity (Wildman–Crippen MR) is 117 cm³/mol. The van der Waals surface area contributed by atoms with Gasteiger partial charge in [-0.05, 0) is 49.4 Å². The van der Waals surface area contributed by atoms with Crippen LogP contribution in [0.15, 0.2) is 47.0 Å². The lowest BCUT2D eigenvalue weighted by atomic mass is 10.1. The maximum absolute atomic E-state index is 12.4. The number of amides is 2. The van der Waals surface area contributed by atoms with E-state index in [-0.39, 0.29) is 24.7 Å². The van der Waals surface area contributed by atoms with E-state index in [1.807, 2.05) is 31.2 Å². The first kappa shape index (κ1) is 22.3. The lowest BCUT2D eigenvalue weighted by molar-refractivity contribution is -0.116. The second-order valence-electron chi connectivity index (χ2n) is 6.91. The third kappa shape index (κ3) is 5.82. The second kappa shape index (κ2) is 10.1. The molecule has 0 unspecified atom stereocenters. The lowest BCUT2D eigenvalue weighted by Gasteiger charge is -2.12. The summed E-state index contributed by atoms with van der Waals surface area (Å²) in [6.07, 6.45) is 0.386. The molecule has 0 spiro atoms. The zero-order valence-corrected chi connectivity index (χ0v) is 18.3. The molecule has 2 aromatic carbocycles. The fraction of sp³-hybridized carbons (Fsp3) is 0.273. The Hall–Kier alpha value is -3.39. The molecule has 1 aromatic heterocycles. The van der Waals surface area contributed by atoms with Gasteiger partial charge in [0, 0.05) is 38.1 Å². The van der Waals surface area contributed by atoms with E-state index in [1.54, 1.807) is 32.3 Å². The zero-order valence-electron chi connectivity index (χ0n) is 17.5. The van der Waals surface area contributed by atoms with Gasteiger partial charge in [0.15, 0.2) is 0 Å². The molecule has 0 saturated heterocycles. The fourth-order valence-corrected chi connectivity index (χ4v) is 2.95. The van der Waals surface area contributed by atoms with Crippen LogP contribution in [0.4, 0.5) is 5.69 Å². The molecule has 0 saturated carbocycles. The van der Waals surface area contributed by atoms with E-state index in [2.05, 4.69) is 15.5 Å². The number of carbonyl (C=O) groups excluding carboxylic acids is 2. The van der Waals surface area contributed by atoms with Crippen molar-refractivity contribution in [3.05, 3.63) is 58.9 Å². The molecule has 31 heavy (non-hydrogen) atoms. The van der Waals surface area contributed by atoms with E-state index < -0.39 is 0 Å². The summed E-state index contributed by atoms with van der Waals surface area (Å²) in [6.45, 7) is 2.51. The van der Waals surface area contributed by atoms with Crippen molar-refractivity contribution in [3.63, 3.8) is 0 Å². The minimum atomic E-state index is -0.280. The van der Waals surface area contributed by atoms with Crippen molar-refractivity contribution in [1.29, 1.82) is 0 Å². The topological polar surface area (TPSA) is 97.6 Å². The lowest BCUT2D eigenvalue weighted by Crippen LogP contribution is -2.22. The van der Waals surface area contributed by atoms with Crippen LogP contribution in [0.1, 0.15) is 29.6 Å². The number of aromatic nitrogens is 2. The Balaban J connectivity index is 1.59. The van der Waals surface area contributed by atoms with Crippen molar-refractivity contribution in [2.24, 2.45) is 0 Å². The summed E-state index contributed by atoms with van der Waals surface area (Å²) >= 11 is 6.15. The summed E-state index contributed by atoms with van der Waals surface area (Å²) in [5.74, 6) is 1.09. The quantitative estimate of drug-likeness (QED) is 0.565. The van der Waals surface area contributed by atoms with E-state index in [4.69, 9.17) is 20.9 Å². The van der Waals surface area contributed by atoms with E-state index in [1.165, 1.54) is 4.90 Å². The Bertz CT molecular complexity index is 1060. The summed E-state index contributed by atoms with van der Waals surface area (Å²) in [5.41, 5.74) is 1.60. The maximum Gasteiger partial charge on any atom is 0.253 e. The summed E-state index contributed by atoms with van der Waals surface area (Å²) in [6, 6.07) is 12.1. The largest absolute Gasteiger partial charge is 0.494 e. The van der Waals surface area contributed by atoms with Crippen molar-refractivity contribution in [3.8, 4) is 17.1 Å². The summed E-state index contributed by atoms with van der Waals surface area (Å²) in [4.78, 5) is 30.3. The normalized spacial score (nSPS) is 10.6. The van der Waals surface area contributed by atoms with Crippen LogP contribution in [0, 0.1) is 0 Å². The van der Waals surface area contributed by atoms with Crippen LogP contribution in [0.2, 0.25) is 5.02 Å². The Morgan fingerprint density at radius 2 is 1.90 bits per heavy atom. The highest BCUT2D eigenvalue weighted by Gasteiger charge is 2.14. The monoisotopic (exact) mass is 442 g/mol. The molecule has 8 nitrogen and oxygen atoms in total. The van der Waals surface area contributed by atoms with Crippen LogP contribution in [0.25, 0.3) is 11.4 Å². The van der Waals surface area contributed by atoms with Crippen molar-refractivity contribution in [1.82, 2.24) is 15.0 Å². The van der Waals surface area contributed by atoms with E-state index >= 15 is 0 Å². The predicted octanol–water partition coefficient (Wildman–Crippen LogP) is 4.06. The third-order valence-electron chi connectivity index (χ3n) is 4.35. The number of nitrogens with one attached hydrogen (secondary N) is 1. The van der Waals surface area contributed by atoms with Crippen LogP contribution < -0.4 is 10.1 Å². The molecule has 0 aliphatic heterocycles. The van der Waals surface area contributed by atoms with E-state index in [0.29, 0.717) is 34.6 Å². The second-order valence-corrected chi connectivity index (χ2v) is 7.32. The molecule has 0 bridgehead atoms. The zero-order chi connectivity index (χ0) is 22.4. The fourth-order valence-electron chi connectivity index (χ4n) is 2.79. The molecular formula is C22H23ClN4O4. The van der Waals surface area contributed by atoms with Gasteiger partial charge in [-0.25, -0.2) is 0 Å². The SMILES string of the molecule is CCOc1ccc(-c2noc(CCC(=O)Nc3cc(C(=O)N(C)C)ccc3Cl)n2)cc1. The molecule has 0 atom stereocenters. The van der Waals surface area contributed by atoms with Crippen LogP contribution >= 0.6 is 11.6 Å². The number of anilines is 1. The molecule has 0 aliphatic carbocycles. The molecule has 1 N–H and O–H groups in total. The van der Waals surface area contributed by atoms with Gasteiger partial charge in [0.1, 0.15) is 5.75 Å². The van der Waals surface area contributed by atoms with Gasteiger partial charge >= 0.3 is 0 Å². The number of ether oxygens (including phenoxy) is 1. The van der Waals surface area contributed by atoms with E-state index in [9.17, 15) is 9.59 Å². The molecule has 0 radical (unpaired) electrons. The molecule has 0 aliphatic rings. The highest BCUT2D eigenvalue weighted by Crippen LogP contribution is 2.24. The Morgan fingerprint density at radius 1 is 1.16 bits per heavy atom. The van der Waals surface area contributed by atoms with Crippen molar-refractivity contribution in [2.45, 2.75) is 19.8 Å². The molecule has 0 fully saturated rings. The number of hydrogen-bond acceptors (Lipinski definition) is 6. The number of aryl methyl sites for hydroxylation is 1. The van der Waals surface area contributed by atoms with Crippen LogP contribution in [-0.2, 0) is 11.2 Å². The standard InChI is InChI=1S/C22H23ClN4O4/c1-4-30-16-8-5-14(6-9-16)21-25-20(31-26-21)12-11-19(28)24-18-13-15(7-10-17(18)23)22(29)27(2)3/h5-10,13H,4,11-12H2,1-3H3,(H,24,28). The molecule has 162 valence electrons. The maximum atomic E-state index is 12.4. The summed E-state index contributed by atoms with van der Waals surface area (Å²) in [7, 11) is 3.31. The number of hydrogen-bond donors (Lipinski definition) is 1. The molecule has 3 rings (SSSR count). The first-order valence-electron chi connectivity index (χ1n) is 9.74. The van der Waals surface area contributed by atoms with E-state index in [0.717, 1.165) is 11.3 Å². The number of carbonyl (C=O) groups is 2. The van der Waals surface area contributed by atoms with Gasteiger partial charge in [0.25, 0.3) is 5.91 Å². The van der Waals surface area contributed by atoms with Crippen LogP contribution in [0.3, 0.4) is 0 Å². The number of rotatable bonds is 8. The average Bonchev–Trinajstić information content (AvgIpc) is 3.23. The number of nitrogens with zero attached hydrogens (tertiary/aromatic N) is 3. The first-order chi connectivity index (χ1) is 14.9. The molecular weight excluding hydrogens is 420 g/mol. The van der Waals surface area contributed by atoms with Gasteiger partial charge in [-0.15, -0.1) is 0 Å².